The van der Waals surface area contributed by atoms with Gasteiger partial charge in [-0.15, -0.1) is 0 Å². The molecule has 2 aromatic carbocycles. The Labute approximate surface area is 200 Å². The van der Waals surface area contributed by atoms with E-state index in [0.717, 1.165) is 43.2 Å². The maximum Gasteiger partial charge on any atom is 0.336 e. The highest BCUT2D eigenvalue weighted by atomic mass is 19.1. The summed E-state index contributed by atoms with van der Waals surface area (Å²) in [5.41, 5.74) is 3.29. The van der Waals surface area contributed by atoms with Crippen LogP contribution in [0.4, 0.5) is 9.18 Å². The molecule has 2 bridgehead atoms. The van der Waals surface area contributed by atoms with Crippen molar-refractivity contribution >= 4 is 17.6 Å². The molecule has 178 valence electrons. The molecule has 0 spiro atoms. The minimum Gasteiger partial charge on any atom is -0.466 e. The van der Waals surface area contributed by atoms with E-state index in [2.05, 4.69) is 5.32 Å². The molecule has 5 rings (SSSR count). The Morgan fingerprint density at radius 1 is 0.971 bits per heavy atom. The Kier molecular flexibility index (Phi) is 6.40. The van der Waals surface area contributed by atoms with Crippen LogP contribution in [0.1, 0.15) is 56.9 Å². The fourth-order valence-electron chi connectivity index (χ4n) is 5.91. The standard InChI is InChI=1S/C28H31FN2O3/c1-34-27(32)26-23(19-12-14-22(24(29)16-19)18-8-4-2-5-9-18)17-21-13-15-25(26)31(21)28(33)30-20-10-6-3-7-11-20/h2,4-5,8-9,12,14,16,20-21,25H,3,6-7,10-11,13,15,17H2,1H3,(H,30,33)/t21-,25+/m0/s1. The summed E-state index contributed by atoms with van der Waals surface area (Å²) in [6, 6.07) is 14.3. The summed E-state index contributed by atoms with van der Waals surface area (Å²) in [6.07, 6.45) is 7.56. The van der Waals surface area contributed by atoms with Gasteiger partial charge >= 0.3 is 12.0 Å². The van der Waals surface area contributed by atoms with Crippen molar-refractivity contribution in [3.8, 4) is 11.1 Å². The smallest absolute Gasteiger partial charge is 0.336 e. The Balaban J connectivity index is 1.47. The predicted octanol–water partition coefficient (Wildman–Crippen LogP) is 5.70. The number of carbonyl (C=O) groups excluding carboxylic acids is 2. The molecular formula is C28H31FN2O3. The van der Waals surface area contributed by atoms with Crippen molar-refractivity contribution < 1.29 is 18.7 Å². The van der Waals surface area contributed by atoms with Gasteiger partial charge in [0.1, 0.15) is 5.82 Å². The highest BCUT2D eigenvalue weighted by Crippen LogP contribution is 2.44. The van der Waals surface area contributed by atoms with Crippen LogP contribution in [-0.4, -0.2) is 42.1 Å². The molecule has 2 atom stereocenters. The Morgan fingerprint density at radius 2 is 1.74 bits per heavy atom. The van der Waals surface area contributed by atoms with Gasteiger partial charge in [-0.25, -0.2) is 14.0 Å². The van der Waals surface area contributed by atoms with Gasteiger partial charge in [0.25, 0.3) is 0 Å². The van der Waals surface area contributed by atoms with Crippen molar-refractivity contribution in [3.63, 3.8) is 0 Å². The Hall–Kier alpha value is -3.15. The monoisotopic (exact) mass is 462 g/mol. The van der Waals surface area contributed by atoms with Crippen LogP contribution in [0.15, 0.2) is 54.1 Å². The summed E-state index contributed by atoms with van der Waals surface area (Å²) in [6.45, 7) is 0. The lowest BCUT2D eigenvalue weighted by Gasteiger charge is -2.38. The first-order valence-electron chi connectivity index (χ1n) is 12.3. The van der Waals surface area contributed by atoms with E-state index in [1.807, 2.05) is 41.3 Å². The second kappa shape index (κ2) is 9.61. The third-order valence-electron chi connectivity index (χ3n) is 7.58. The SMILES string of the molecule is COC(=O)C1=C(c2ccc(-c3ccccc3)c(F)c2)C[C@@H]2CC[C@H]1N2C(=O)NC1CCCCC1. The second-order valence-electron chi connectivity index (χ2n) is 9.59. The van der Waals surface area contributed by atoms with E-state index < -0.39 is 5.97 Å². The van der Waals surface area contributed by atoms with Crippen LogP contribution in [0.25, 0.3) is 16.7 Å². The zero-order valence-electron chi connectivity index (χ0n) is 19.6. The molecule has 34 heavy (non-hydrogen) atoms. The Bertz CT molecular complexity index is 1110. The first-order valence-corrected chi connectivity index (χ1v) is 12.3. The van der Waals surface area contributed by atoms with Gasteiger partial charge in [-0.1, -0.05) is 61.7 Å². The molecule has 2 fully saturated rings. The molecule has 2 aromatic rings. The second-order valence-corrected chi connectivity index (χ2v) is 9.59. The average molecular weight is 463 g/mol. The predicted molar refractivity (Wildman–Crippen MR) is 129 cm³/mol. The number of esters is 1. The molecule has 1 saturated carbocycles. The molecule has 6 heteroatoms. The van der Waals surface area contributed by atoms with Gasteiger partial charge in [-0.3, -0.25) is 0 Å². The van der Waals surface area contributed by atoms with Crippen molar-refractivity contribution in [3.05, 3.63) is 65.5 Å². The number of hydrogen-bond acceptors (Lipinski definition) is 3. The van der Waals surface area contributed by atoms with Gasteiger partial charge in [-0.05, 0) is 54.9 Å². The molecule has 0 unspecified atom stereocenters. The van der Waals surface area contributed by atoms with Crippen LogP contribution >= 0.6 is 0 Å². The quantitative estimate of drug-likeness (QED) is 0.593. The molecule has 2 aliphatic heterocycles. The molecule has 0 aromatic heterocycles. The zero-order chi connectivity index (χ0) is 23.7. The number of carbonyl (C=O) groups is 2. The summed E-state index contributed by atoms with van der Waals surface area (Å²) in [4.78, 5) is 28.0. The zero-order valence-corrected chi connectivity index (χ0v) is 19.6. The number of fused-ring (bicyclic) bond motifs is 2. The highest BCUT2D eigenvalue weighted by Gasteiger charge is 2.47. The first-order chi connectivity index (χ1) is 16.6. The van der Waals surface area contributed by atoms with Crippen LogP contribution in [0, 0.1) is 5.82 Å². The van der Waals surface area contributed by atoms with Crippen LogP contribution in [0.3, 0.4) is 0 Å². The van der Waals surface area contributed by atoms with Gasteiger partial charge in [0.2, 0.25) is 0 Å². The minimum atomic E-state index is -0.441. The van der Waals surface area contributed by atoms with Crippen molar-refractivity contribution in [1.82, 2.24) is 10.2 Å². The number of nitrogens with one attached hydrogen (secondary N) is 1. The number of rotatable bonds is 4. The number of ether oxygens (including phenoxy) is 1. The average Bonchev–Trinajstić information content (AvgIpc) is 3.18. The first kappa shape index (κ1) is 22.6. The van der Waals surface area contributed by atoms with Gasteiger partial charge in [-0.2, -0.15) is 0 Å². The normalized spacial score (nSPS) is 22.6. The number of halogens is 1. The topological polar surface area (TPSA) is 58.6 Å². The van der Waals surface area contributed by atoms with Crippen molar-refractivity contribution in [2.75, 3.05) is 7.11 Å². The minimum absolute atomic E-state index is 0.00569. The van der Waals surface area contributed by atoms with E-state index in [1.165, 1.54) is 19.6 Å². The molecule has 2 heterocycles. The molecule has 5 nitrogen and oxygen atoms in total. The van der Waals surface area contributed by atoms with Crippen molar-refractivity contribution in [1.29, 1.82) is 0 Å². The van der Waals surface area contributed by atoms with Crippen molar-refractivity contribution in [2.45, 2.75) is 69.5 Å². The van der Waals surface area contributed by atoms with Gasteiger partial charge in [0.15, 0.2) is 0 Å². The summed E-state index contributed by atoms with van der Waals surface area (Å²) >= 11 is 0. The van der Waals surface area contributed by atoms with Crippen LogP contribution in [-0.2, 0) is 9.53 Å². The molecule has 3 aliphatic rings. The lowest BCUT2D eigenvalue weighted by atomic mass is 9.87. The van der Waals surface area contributed by atoms with Gasteiger partial charge < -0.3 is 15.0 Å². The fourth-order valence-corrected chi connectivity index (χ4v) is 5.91. The van der Waals surface area contributed by atoms with E-state index in [-0.39, 0.29) is 30.0 Å². The number of urea groups is 1. The van der Waals surface area contributed by atoms with Crippen LogP contribution in [0.2, 0.25) is 0 Å². The highest BCUT2D eigenvalue weighted by molar-refractivity contribution is 6.01. The molecule has 0 radical (unpaired) electrons. The third kappa shape index (κ3) is 4.22. The van der Waals surface area contributed by atoms with Gasteiger partial charge in [0, 0.05) is 17.6 Å². The number of amides is 2. The van der Waals surface area contributed by atoms with Crippen molar-refractivity contribution in [2.24, 2.45) is 0 Å². The fraction of sp³-hybridized carbons (Fsp3) is 0.429. The van der Waals surface area contributed by atoms with E-state index in [1.54, 1.807) is 6.07 Å². The van der Waals surface area contributed by atoms with Crippen LogP contribution in [0.5, 0.6) is 0 Å². The van der Waals surface area contributed by atoms with E-state index in [4.69, 9.17) is 4.74 Å². The number of methoxy groups -OCH3 is 1. The Morgan fingerprint density at radius 3 is 2.44 bits per heavy atom. The molecule has 1 aliphatic carbocycles. The maximum atomic E-state index is 15.2. The molecule has 1 saturated heterocycles. The molecular weight excluding hydrogens is 431 g/mol. The number of nitrogens with zero attached hydrogens (tertiary/aromatic N) is 1. The largest absolute Gasteiger partial charge is 0.466 e. The van der Waals surface area contributed by atoms with E-state index >= 15 is 4.39 Å². The lowest BCUT2D eigenvalue weighted by molar-refractivity contribution is -0.136. The number of benzene rings is 2. The summed E-state index contributed by atoms with van der Waals surface area (Å²) < 4.78 is 20.3. The summed E-state index contributed by atoms with van der Waals surface area (Å²) in [5.74, 6) is -0.770. The van der Waals surface area contributed by atoms with E-state index in [0.29, 0.717) is 29.5 Å². The molecule has 2 amide bonds. The summed E-state index contributed by atoms with van der Waals surface area (Å²) in [7, 11) is 1.36. The van der Waals surface area contributed by atoms with Gasteiger partial charge in [0.05, 0.1) is 18.7 Å². The van der Waals surface area contributed by atoms with Crippen LogP contribution < -0.4 is 5.32 Å². The number of hydrogen-bond donors (Lipinski definition) is 1. The summed E-state index contributed by atoms with van der Waals surface area (Å²) in [5, 5.41) is 3.21. The lowest BCUT2D eigenvalue weighted by Crippen LogP contribution is -2.53. The molecule has 1 N–H and O–H groups in total. The third-order valence-corrected chi connectivity index (χ3v) is 7.58. The maximum absolute atomic E-state index is 15.2. The van der Waals surface area contributed by atoms with E-state index in [9.17, 15) is 9.59 Å².